The molecule has 0 saturated carbocycles. The number of nitrogens with one attached hydrogen (secondary N) is 2. The van der Waals surface area contributed by atoms with Crippen molar-refractivity contribution in [3.05, 3.63) is 53.2 Å². The molecule has 0 saturated heterocycles. The van der Waals surface area contributed by atoms with E-state index in [2.05, 4.69) is 10.6 Å². The zero-order valence-electron chi connectivity index (χ0n) is 15.5. The molecule has 1 atom stereocenters. The van der Waals surface area contributed by atoms with Gasteiger partial charge in [0, 0.05) is 18.4 Å². The Balaban J connectivity index is 2.13. The van der Waals surface area contributed by atoms with Crippen molar-refractivity contribution in [1.82, 2.24) is 10.6 Å². The minimum Gasteiger partial charge on any atom is -0.496 e. The number of benzene rings is 2. The van der Waals surface area contributed by atoms with Crippen LogP contribution in [0.3, 0.4) is 0 Å². The summed E-state index contributed by atoms with van der Waals surface area (Å²) in [5.41, 5.74) is 1.97. The first-order valence-corrected chi connectivity index (χ1v) is 8.97. The van der Waals surface area contributed by atoms with E-state index in [0.717, 1.165) is 16.3 Å². The smallest absolute Gasteiger partial charge is 0.338 e. The van der Waals surface area contributed by atoms with Crippen molar-refractivity contribution in [3.63, 3.8) is 0 Å². The van der Waals surface area contributed by atoms with Crippen molar-refractivity contribution in [2.75, 3.05) is 27.4 Å². The minimum atomic E-state index is -0.491. The quantitative estimate of drug-likeness (QED) is 0.449. The molecule has 6 nitrogen and oxygen atoms in total. The van der Waals surface area contributed by atoms with E-state index in [4.69, 9.17) is 26.4 Å². The van der Waals surface area contributed by atoms with Gasteiger partial charge in [0.05, 0.1) is 25.3 Å². The van der Waals surface area contributed by atoms with Crippen LogP contribution in [0.5, 0.6) is 5.75 Å². The highest BCUT2D eigenvalue weighted by Crippen LogP contribution is 2.38. The van der Waals surface area contributed by atoms with Gasteiger partial charge in [-0.15, -0.1) is 0 Å². The third kappa shape index (κ3) is 3.89. The normalized spacial score (nSPS) is 16.7. The Hall–Kier alpha value is -2.64. The number of hydrogen-bond acceptors (Lipinski definition) is 5. The number of ether oxygens (including phenoxy) is 3. The second-order valence-corrected chi connectivity index (χ2v) is 6.51. The molecule has 1 heterocycles. The average Bonchev–Trinajstić information content (AvgIpc) is 2.66. The van der Waals surface area contributed by atoms with Gasteiger partial charge in [0.2, 0.25) is 0 Å². The van der Waals surface area contributed by atoms with Crippen LogP contribution in [0.15, 0.2) is 47.7 Å². The van der Waals surface area contributed by atoms with Gasteiger partial charge in [-0.05, 0) is 36.0 Å². The fourth-order valence-corrected chi connectivity index (χ4v) is 3.50. The lowest BCUT2D eigenvalue weighted by atomic mass is 9.90. The van der Waals surface area contributed by atoms with E-state index in [1.807, 2.05) is 43.3 Å². The Labute approximate surface area is 163 Å². The lowest BCUT2D eigenvalue weighted by Gasteiger charge is -2.31. The molecular weight excluding hydrogens is 364 g/mol. The van der Waals surface area contributed by atoms with Crippen LogP contribution in [0.4, 0.5) is 0 Å². The number of allylic oxidation sites excluding steroid dienone is 1. The maximum absolute atomic E-state index is 12.8. The average molecular weight is 386 g/mol. The predicted molar refractivity (Wildman–Crippen MR) is 108 cm³/mol. The Morgan fingerprint density at radius 2 is 1.93 bits per heavy atom. The van der Waals surface area contributed by atoms with Gasteiger partial charge in [0.1, 0.15) is 12.4 Å². The molecule has 0 fully saturated rings. The summed E-state index contributed by atoms with van der Waals surface area (Å²) in [7, 11) is 3.17. The molecule has 0 amide bonds. The standard InChI is InChI=1S/C20H22N2O4S/c1-12-16(19(23)26-11-10-24-2)18(22-20(27)21-12)17-14-7-5-4-6-13(14)8-9-15(17)25-3/h4-9,18H,10-11H2,1-3H3,(H2,21,22,27). The molecule has 1 unspecified atom stereocenters. The molecule has 7 heteroatoms. The van der Waals surface area contributed by atoms with Gasteiger partial charge in [-0.1, -0.05) is 30.3 Å². The van der Waals surface area contributed by atoms with E-state index >= 15 is 0 Å². The van der Waals surface area contributed by atoms with E-state index < -0.39 is 12.0 Å². The van der Waals surface area contributed by atoms with E-state index in [1.165, 1.54) is 0 Å². The third-order valence-corrected chi connectivity index (χ3v) is 4.67. The Morgan fingerprint density at radius 1 is 1.15 bits per heavy atom. The summed E-state index contributed by atoms with van der Waals surface area (Å²) in [6, 6.07) is 11.3. The fourth-order valence-electron chi connectivity index (χ4n) is 3.23. The van der Waals surface area contributed by atoms with Crippen LogP contribution in [0, 0.1) is 0 Å². The van der Waals surface area contributed by atoms with E-state index in [9.17, 15) is 4.79 Å². The van der Waals surface area contributed by atoms with Gasteiger partial charge in [-0.2, -0.15) is 0 Å². The molecule has 0 bridgehead atoms. The molecule has 0 spiro atoms. The van der Waals surface area contributed by atoms with Gasteiger partial charge >= 0.3 is 5.97 Å². The fraction of sp³-hybridized carbons (Fsp3) is 0.300. The molecule has 1 aliphatic heterocycles. The van der Waals surface area contributed by atoms with Crippen LogP contribution in [0.2, 0.25) is 0 Å². The van der Waals surface area contributed by atoms with Gasteiger partial charge in [-0.25, -0.2) is 4.79 Å². The number of rotatable bonds is 6. The first-order chi connectivity index (χ1) is 13.1. The number of fused-ring (bicyclic) bond motifs is 1. The van der Waals surface area contributed by atoms with Gasteiger partial charge < -0.3 is 24.8 Å². The van der Waals surface area contributed by atoms with Crippen molar-refractivity contribution in [2.24, 2.45) is 0 Å². The molecule has 2 aromatic rings. The zero-order chi connectivity index (χ0) is 19.4. The highest BCUT2D eigenvalue weighted by Gasteiger charge is 2.33. The number of carbonyl (C=O) groups is 1. The molecule has 2 N–H and O–H groups in total. The highest BCUT2D eigenvalue weighted by atomic mass is 32.1. The second-order valence-electron chi connectivity index (χ2n) is 6.10. The van der Waals surface area contributed by atoms with E-state index in [-0.39, 0.29) is 6.61 Å². The first kappa shape index (κ1) is 19.1. The lowest BCUT2D eigenvalue weighted by Crippen LogP contribution is -2.45. The molecule has 0 aliphatic carbocycles. The van der Waals surface area contributed by atoms with Crippen molar-refractivity contribution in [1.29, 1.82) is 0 Å². The van der Waals surface area contributed by atoms with Crippen LogP contribution in [0.1, 0.15) is 18.5 Å². The van der Waals surface area contributed by atoms with Crippen LogP contribution in [0.25, 0.3) is 10.8 Å². The Bertz CT molecular complexity index is 910. The summed E-state index contributed by atoms with van der Waals surface area (Å²) in [5.74, 6) is 0.248. The number of hydrogen-bond donors (Lipinski definition) is 2. The summed E-state index contributed by atoms with van der Waals surface area (Å²) in [6.45, 7) is 2.32. The van der Waals surface area contributed by atoms with Gasteiger partial charge in [0.25, 0.3) is 0 Å². The summed E-state index contributed by atoms with van der Waals surface area (Å²) in [6.07, 6.45) is 0. The molecule has 3 rings (SSSR count). The molecule has 1 aliphatic rings. The number of carbonyl (C=O) groups excluding carboxylic acids is 1. The number of thiocarbonyl (C=S) groups is 1. The molecule has 142 valence electrons. The summed E-state index contributed by atoms with van der Waals surface area (Å²) in [5, 5.41) is 8.69. The van der Waals surface area contributed by atoms with Crippen LogP contribution < -0.4 is 15.4 Å². The highest BCUT2D eigenvalue weighted by molar-refractivity contribution is 7.80. The topological polar surface area (TPSA) is 68.8 Å². The predicted octanol–water partition coefficient (Wildman–Crippen LogP) is 2.83. The van der Waals surface area contributed by atoms with Crippen LogP contribution >= 0.6 is 12.2 Å². The minimum absolute atomic E-state index is 0.177. The second kappa shape index (κ2) is 8.37. The van der Waals surface area contributed by atoms with Crippen LogP contribution in [-0.4, -0.2) is 38.5 Å². The largest absolute Gasteiger partial charge is 0.496 e. The number of esters is 1. The third-order valence-electron chi connectivity index (χ3n) is 4.45. The van der Waals surface area contributed by atoms with Crippen molar-refractivity contribution < 1.29 is 19.0 Å². The molecule has 0 aromatic heterocycles. The number of methoxy groups -OCH3 is 2. The van der Waals surface area contributed by atoms with Crippen molar-refractivity contribution in [2.45, 2.75) is 13.0 Å². The monoisotopic (exact) mass is 386 g/mol. The Morgan fingerprint density at radius 3 is 2.67 bits per heavy atom. The van der Waals surface area contributed by atoms with Crippen molar-refractivity contribution >= 4 is 34.1 Å². The maximum Gasteiger partial charge on any atom is 0.338 e. The summed E-state index contributed by atoms with van der Waals surface area (Å²) < 4.78 is 15.9. The molecule has 27 heavy (non-hydrogen) atoms. The maximum atomic E-state index is 12.8. The van der Waals surface area contributed by atoms with E-state index in [1.54, 1.807) is 14.2 Å². The van der Waals surface area contributed by atoms with E-state index in [0.29, 0.717) is 28.7 Å². The lowest BCUT2D eigenvalue weighted by molar-refractivity contribution is -0.140. The summed E-state index contributed by atoms with van der Waals surface area (Å²) >= 11 is 5.34. The molecule has 0 radical (unpaired) electrons. The first-order valence-electron chi connectivity index (χ1n) is 8.56. The van der Waals surface area contributed by atoms with Gasteiger partial charge in [0.15, 0.2) is 5.11 Å². The van der Waals surface area contributed by atoms with Gasteiger partial charge in [-0.3, -0.25) is 0 Å². The Kier molecular flexibility index (Phi) is 5.93. The molecular formula is C20H22N2O4S. The SMILES string of the molecule is COCCOC(=O)C1=C(C)NC(=S)NC1c1c(OC)ccc2ccccc12. The van der Waals surface area contributed by atoms with Crippen molar-refractivity contribution in [3.8, 4) is 5.75 Å². The van der Waals surface area contributed by atoms with Crippen LogP contribution in [-0.2, 0) is 14.3 Å². The zero-order valence-corrected chi connectivity index (χ0v) is 16.3. The summed E-state index contributed by atoms with van der Waals surface area (Å²) in [4.78, 5) is 12.8. The molecule has 2 aromatic carbocycles.